The van der Waals surface area contributed by atoms with Crippen LogP contribution in [0.2, 0.25) is 0 Å². The monoisotopic (exact) mass is 319 g/mol. The third kappa shape index (κ3) is 4.78. The normalized spacial score (nSPS) is 16.5. The van der Waals surface area contributed by atoms with Crippen LogP contribution in [-0.2, 0) is 6.42 Å². The average Bonchev–Trinajstić information content (AvgIpc) is 2.56. The van der Waals surface area contributed by atoms with E-state index in [0.29, 0.717) is 18.7 Å². The van der Waals surface area contributed by atoms with Gasteiger partial charge in [0, 0.05) is 26.2 Å². The number of likely N-dealkylation sites (tertiary alicyclic amines) is 1. The van der Waals surface area contributed by atoms with Gasteiger partial charge in [-0.2, -0.15) is 0 Å². The first-order valence-corrected chi connectivity index (χ1v) is 8.53. The van der Waals surface area contributed by atoms with Gasteiger partial charge in [0.05, 0.1) is 7.11 Å². The van der Waals surface area contributed by atoms with E-state index in [1.54, 1.807) is 13.2 Å². The summed E-state index contributed by atoms with van der Waals surface area (Å²) in [6.45, 7) is 8.06. The zero-order valence-corrected chi connectivity index (χ0v) is 14.5. The van der Waals surface area contributed by atoms with Crippen LogP contribution in [0.1, 0.15) is 32.3 Å². The standard InChI is InChI=1S/C18H29N3O2/c1-4-19-18(21-12-9-14(2)10-13-21)20-11-8-15-6-5-7-16(23-3)17(15)22/h5-7,14,22H,4,8-13H2,1-3H3,(H,19,20). The molecule has 2 rings (SSSR count). The number of hydrogen-bond acceptors (Lipinski definition) is 3. The van der Waals surface area contributed by atoms with Crippen LogP contribution in [0.25, 0.3) is 0 Å². The first-order valence-electron chi connectivity index (χ1n) is 8.53. The highest BCUT2D eigenvalue weighted by Gasteiger charge is 2.18. The van der Waals surface area contributed by atoms with Crippen molar-refractivity contribution in [2.24, 2.45) is 10.9 Å². The smallest absolute Gasteiger partial charge is 0.193 e. The van der Waals surface area contributed by atoms with E-state index in [4.69, 9.17) is 9.73 Å². The molecule has 0 amide bonds. The van der Waals surface area contributed by atoms with Crippen LogP contribution in [0.4, 0.5) is 0 Å². The van der Waals surface area contributed by atoms with E-state index in [1.165, 1.54) is 12.8 Å². The molecule has 0 atom stereocenters. The number of phenolic OH excluding ortho intramolecular Hbond substituents is 1. The van der Waals surface area contributed by atoms with Crippen LogP contribution in [0.3, 0.4) is 0 Å². The zero-order valence-electron chi connectivity index (χ0n) is 14.5. The van der Waals surface area contributed by atoms with E-state index in [-0.39, 0.29) is 5.75 Å². The van der Waals surface area contributed by atoms with Crippen molar-refractivity contribution in [3.05, 3.63) is 23.8 Å². The van der Waals surface area contributed by atoms with E-state index in [0.717, 1.165) is 37.1 Å². The number of aromatic hydroxyl groups is 1. The lowest BCUT2D eigenvalue weighted by molar-refractivity contribution is 0.273. The van der Waals surface area contributed by atoms with Crippen LogP contribution < -0.4 is 10.1 Å². The highest BCUT2D eigenvalue weighted by atomic mass is 16.5. The highest BCUT2D eigenvalue weighted by Crippen LogP contribution is 2.29. The molecule has 1 fully saturated rings. The topological polar surface area (TPSA) is 57.1 Å². The van der Waals surface area contributed by atoms with E-state index >= 15 is 0 Å². The van der Waals surface area contributed by atoms with Crippen molar-refractivity contribution >= 4 is 5.96 Å². The Labute approximate surface area is 139 Å². The molecule has 5 nitrogen and oxygen atoms in total. The Morgan fingerprint density at radius 2 is 2.13 bits per heavy atom. The lowest BCUT2D eigenvalue weighted by Gasteiger charge is -2.33. The maximum Gasteiger partial charge on any atom is 0.193 e. The van der Waals surface area contributed by atoms with Crippen molar-refractivity contribution in [3.63, 3.8) is 0 Å². The van der Waals surface area contributed by atoms with Crippen molar-refractivity contribution in [2.75, 3.05) is 33.3 Å². The number of methoxy groups -OCH3 is 1. The summed E-state index contributed by atoms with van der Waals surface area (Å²) in [5, 5.41) is 13.5. The molecule has 0 aromatic heterocycles. The molecule has 0 bridgehead atoms. The minimum atomic E-state index is 0.224. The first kappa shape index (κ1) is 17.4. The number of nitrogens with zero attached hydrogens (tertiary/aromatic N) is 2. The summed E-state index contributed by atoms with van der Waals surface area (Å²) >= 11 is 0. The Morgan fingerprint density at radius 3 is 2.78 bits per heavy atom. The van der Waals surface area contributed by atoms with Crippen molar-refractivity contribution in [3.8, 4) is 11.5 Å². The van der Waals surface area contributed by atoms with Crippen molar-refractivity contribution in [1.82, 2.24) is 10.2 Å². The predicted molar refractivity (Wildman–Crippen MR) is 94.3 cm³/mol. The summed E-state index contributed by atoms with van der Waals surface area (Å²) in [4.78, 5) is 7.08. The first-order chi connectivity index (χ1) is 11.2. The molecule has 0 radical (unpaired) electrons. The van der Waals surface area contributed by atoms with E-state index < -0.39 is 0 Å². The predicted octanol–water partition coefficient (Wildman–Crippen LogP) is 2.64. The van der Waals surface area contributed by atoms with Crippen molar-refractivity contribution in [1.29, 1.82) is 0 Å². The van der Waals surface area contributed by atoms with Gasteiger partial charge in [0.15, 0.2) is 17.5 Å². The molecular formula is C18H29N3O2. The molecule has 1 saturated heterocycles. The molecule has 0 spiro atoms. The summed E-state index contributed by atoms with van der Waals surface area (Å²) in [6.07, 6.45) is 3.14. The zero-order chi connectivity index (χ0) is 16.7. The Hall–Kier alpha value is -1.91. The fourth-order valence-electron chi connectivity index (χ4n) is 2.86. The second kappa shape index (κ2) is 8.65. The number of piperidine rings is 1. The number of para-hydroxylation sites is 1. The summed E-state index contributed by atoms with van der Waals surface area (Å²) in [5.74, 6) is 2.54. The largest absolute Gasteiger partial charge is 0.504 e. The molecule has 5 heteroatoms. The van der Waals surface area contributed by atoms with Gasteiger partial charge in [-0.25, -0.2) is 0 Å². The Bertz CT molecular complexity index is 523. The van der Waals surface area contributed by atoms with Gasteiger partial charge >= 0.3 is 0 Å². The van der Waals surface area contributed by atoms with E-state index in [1.807, 2.05) is 12.1 Å². The van der Waals surface area contributed by atoms with Gasteiger partial charge in [-0.3, -0.25) is 4.99 Å². The molecular weight excluding hydrogens is 290 g/mol. The van der Waals surface area contributed by atoms with Crippen LogP contribution >= 0.6 is 0 Å². The summed E-state index contributed by atoms with van der Waals surface area (Å²) in [6, 6.07) is 5.58. The fraction of sp³-hybridized carbons (Fsp3) is 0.611. The van der Waals surface area contributed by atoms with Gasteiger partial charge in [0.2, 0.25) is 0 Å². The molecule has 23 heavy (non-hydrogen) atoms. The number of hydrogen-bond donors (Lipinski definition) is 2. The lowest BCUT2D eigenvalue weighted by atomic mass is 10.00. The number of phenols is 1. The Kier molecular flexibility index (Phi) is 6.56. The molecule has 0 saturated carbocycles. The molecule has 1 aromatic rings. The van der Waals surface area contributed by atoms with Crippen LogP contribution in [0.15, 0.2) is 23.2 Å². The molecule has 0 unspecified atom stereocenters. The highest BCUT2D eigenvalue weighted by molar-refractivity contribution is 5.80. The van der Waals surface area contributed by atoms with Crippen LogP contribution in [0, 0.1) is 5.92 Å². The van der Waals surface area contributed by atoms with E-state index in [9.17, 15) is 5.11 Å². The summed E-state index contributed by atoms with van der Waals surface area (Å²) in [7, 11) is 1.57. The minimum Gasteiger partial charge on any atom is -0.504 e. The molecule has 0 aliphatic carbocycles. The van der Waals surface area contributed by atoms with Crippen LogP contribution in [-0.4, -0.2) is 49.3 Å². The number of benzene rings is 1. The summed E-state index contributed by atoms with van der Waals surface area (Å²) < 4.78 is 5.15. The van der Waals surface area contributed by atoms with Gasteiger partial charge in [-0.05, 0) is 43.7 Å². The third-order valence-electron chi connectivity index (χ3n) is 4.36. The van der Waals surface area contributed by atoms with Gasteiger partial charge in [-0.15, -0.1) is 0 Å². The number of nitrogens with one attached hydrogen (secondary N) is 1. The van der Waals surface area contributed by atoms with Gasteiger partial charge in [0.1, 0.15) is 0 Å². The Balaban J connectivity index is 1.98. The van der Waals surface area contributed by atoms with Crippen LogP contribution in [0.5, 0.6) is 11.5 Å². The maximum atomic E-state index is 10.1. The quantitative estimate of drug-likeness (QED) is 0.647. The fourth-order valence-corrected chi connectivity index (χ4v) is 2.86. The summed E-state index contributed by atoms with van der Waals surface area (Å²) in [5.41, 5.74) is 0.871. The van der Waals surface area contributed by atoms with Gasteiger partial charge < -0.3 is 20.1 Å². The Morgan fingerprint density at radius 1 is 1.39 bits per heavy atom. The van der Waals surface area contributed by atoms with E-state index in [2.05, 4.69) is 24.1 Å². The number of rotatable bonds is 5. The number of ether oxygens (including phenoxy) is 1. The number of guanidine groups is 1. The van der Waals surface area contributed by atoms with Gasteiger partial charge in [-0.1, -0.05) is 19.1 Å². The molecule has 1 aromatic carbocycles. The molecule has 1 aliphatic heterocycles. The second-order valence-corrected chi connectivity index (χ2v) is 6.12. The molecule has 128 valence electrons. The van der Waals surface area contributed by atoms with Crippen molar-refractivity contribution < 1.29 is 9.84 Å². The number of aliphatic imine (C=N–C) groups is 1. The minimum absolute atomic E-state index is 0.224. The SMILES string of the molecule is CCNC(=NCCc1cccc(OC)c1O)N1CCC(C)CC1. The lowest BCUT2D eigenvalue weighted by Crippen LogP contribution is -2.45. The molecule has 1 heterocycles. The molecule has 1 aliphatic rings. The third-order valence-corrected chi connectivity index (χ3v) is 4.36. The van der Waals surface area contributed by atoms with Crippen molar-refractivity contribution in [2.45, 2.75) is 33.1 Å². The molecule has 2 N–H and O–H groups in total. The second-order valence-electron chi connectivity index (χ2n) is 6.12. The maximum absolute atomic E-state index is 10.1. The van der Waals surface area contributed by atoms with Gasteiger partial charge in [0.25, 0.3) is 0 Å². The average molecular weight is 319 g/mol.